The Morgan fingerprint density at radius 1 is 1.29 bits per heavy atom. The van der Waals surface area contributed by atoms with E-state index in [4.69, 9.17) is 11.6 Å². The Morgan fingerprint density at radius 3 is 2.52 bits per heavy atom. The van der Waals surface area contributed by atoms with Gasteiger partial charge in [0.1, 0.15) is 0 Å². The van der Waals surface area contributed by atoms with Gasteiger partial charge >= 0.3 is 0 Å². The highest BCUT2D eigenvalue weighted by atomic mass is 127. The molecular weight excluding hydrogens is 417 g/mol. The van der Waals surface area contributed by atoms with Crippen molar-refractivity contribution in [3.05, 3.63) is 34.9 Å². The standard InChI is InChI=1S/C15H24ClN3S.HI/c1-12(13-6-8-14(16)9-7-13)19-15(17-2)18-10-4-5-11-20-3;/h6-9,12H,4-5,10-11H2,1-3H3,(H2,17,18,19);1H. The summed E-state index contributed by atoms with van der Waals surface area (Å²) in [5, 5.41) is 7.49. The third-order valence-corrected chi connectivity index (χ3v) is 3.96. The molecule has 2 N–H and O–H groups in total. The Morgan fingerprint density at radius 2 is 1.95 bits per heavy atom. The molecular formula is C15H25ClIN3S. The fourth-order valence-electron chi connectivity index (χ4n) is 1.81. The summed E-state index contributed by atoms with van der Waals surface area (Å²) in [6, 6.07) is 8.09. The van der Waals surface area contributed by atoms with Crippen LogP contribution in [-0.2, 0) is 0 Å². The van der Waals surface area contributed by atoms with Crippen LogP contribution in [0.4, 0.5) is 0 Å². The second-order valence-electron chi connectivity index (χ2n) is 4.62. The van der Waals surface area contributed by atoms with Crippen molar-refractivity contribution in [1.82, 2.24) is 10.6 Å². The Balaban J connectivity index is 0.00000400. The third-order valence-electron chi connectivity index (χ3n) is 3.01. The molecule has 0 aromatic heterocycles. The molecule has 0 spiro atoms. The SMILES string of the molecule is CN=C(NCCCCSC)NC(C)c1ccc(Cl)cc1.I. The zero-order valence-corrected chi connectivity index (χ0v) is 16.8. The molecule has 0 aliphatic carbocycles. The van der Waals surface area contributed by atoms with E-state index in [1.165, 1.54) is 17.7 Å². The highest BCUT2D eigenvalue weighted by Gasteiger charge is 2.07. The lowest BCUT2D eigenvalue weighted by Gasteiger charge is -2.18. The van der Waals surface area contributed by atoms with Crippen molar-refractivity contribution in [2.24, 2.45) is 4.99 Å². The predicted octanol–water partition coefficient (Wildman–Crippen LogP) is 4.33. The van der Waals surface area contributed by atoms with E-state index in [9.17, 15) is 0 Å². The minimum atomic E-state index is 0. The first-order valence-corrected chi connectivity index (χ1v) is 8.66. The van der Waals surface area contributed by atoms with Gasteiger partial charge in [-0.1, -0.05) is 23.7 Å². The molecule has 0 bridgehead atoms. The zero-order valence-electron chi connectivity index (χ0n) is 12.9. The number of benzene rings is 1. The van der Waals surface area contributed by atoms with E-state index < -0.39 is 0 Å². The molecule has 0 fully saturated rings. The molecule has 0 radical (unpaired) electrons. The highest BCUT2D eigenvalue weighted by molar-refractivity contribution is 14.0. The first-order valence-electron chi connectivity index (χ1n) is 6.89. The van der Waals surface area contributed by atoms with Crippen LogP contribution in [0.5, 0.6) is 0 Å². The van der Waals surface area contributed by atoms with Gasteiger partial charge in [0, 0.05) is 18.6 Å². The summed E-state index contributed by atoms with van der Waals surface area (Å²) in [5.74, 6) is 2.06. The molecule has 1 aromatic carbocycles. The van der Waals surface area contributed by atoms with Gasteiger partial charge in [0.25, 0.3) is 0 Å². The van der Waals surface area contributed by atoms with Crippen molar-refractivity contribution in [1.29, 1.82) is 0 Å². The molecule has 0 aliphatic heterocycles. The highest BCUT2D eigenvalue weighted by Crippen LogP contribution is 2.15. The number of nitrogens with zero attached hydrogens (tertiary/aromatic N) is 1. The van der Waals surface area contributed by atoms with E-state index in [1.54, 1.807) is 7.05 Å². The Hall–Kier alpha value is -0.140. The predicted molar refractivity (Wildman–Crippen MR) is 107 cm³/mol. The fraction of sp³-hybridized carbons (Fsp3) is 0.533. The van der Waals surface area contributed by atoms with Crippen LogP contribution in [0.25, 0.3) is 0 Å². The molecule has 0 saturated carbocycles. The van der Waals surface area contributed by atoms with Gasteiger partial charge < -0.3 is 10.6 Å². The summed E-state index contributed by atoms with van der Waals surface area (Å²) in [6.07, 6.45) is 4.54. The van der Waals surface area contributed by atoms with Gasteiger partial charge in [-0.15, -0.1) is 24.0 Å². The van der Waals surface area contributed by atoms with Gasteiger partial charge in [-0.05, 0) is 49.5 Å². The van der Waals surface area contributed by atoms with Gasteiger partial charge in [0.05, 0.1) is 6.04 Å². The van der Waals surface area contributed by atoms with Gasteiger partial charge in [0.15, 0.2) is 5.96 Å². The van der Waals surface area contributed by atoms with Gasteiger partial charge in [-0.3, -0.25) is 4.99 Å². The number of aliphatic imine (C=N–C) groups is 1. The Labute approximate surface area is 154 Å². The number of nitrogens with one attached hydrogen (secondary N) is 2. The lowest BCUT2D eigenvalue weighted by Crippen LogP contribution is -2.39. The molecule has 21 heavy (non-hydrogen) atoms. The molecule has 0 aliphatic rings. The first-order chi connectivity index (χ1) is 9.67. The molecule has 0 amide bonds. The maximum Gasteiger partial charge on any atom is 0.191 e. The van der Waals surface area contributed by atoms with E-state index in [-0.39, 0.29) is 30.0 Å². The van der Waals surface area contributed by atoms with Gasteiger partial charge in [0.2, 0.25) is 0 Å². The maximum absolute atomic E-state index is 5.90. The van der Waals surface area contributed by atoms with Crippen molar-refractivity contribution in [3.63, 3.8) is 0 Å². The minimum absolute atomic E-state index is 0. The normalized spacial score (nSPS) is 12.5. The average molecular weight is 442 g/mol. The summed E-state index contributed by atoms with van der Waals surface area (Å²) in [5.41, 5.74) is 1.19. The molecule has 1 unspecified atom stereocenters. The van der Waals surface area contributed by atoms with Crippen LogP contribution >= 0.6 is 47.3 Å². The lowest BCUT2D eigenvalue weighted by atomic mass is 10.1. The molecule has 1 rings (SSSR count). The quantitative estimate of drug-likeness (QED) is 0.286. The van der Waals surface area contributed by atoms with Crippen LogP contribution in [0, 0.1) is 0 Å². The molecule has 120 valence electrons. The monoisotopic (exact) mass is 441 g/mol. The Bertz CT molecular complexity index is 412. The van der Waals surface area contributed by atoms with Crippen LogP contribution in [0.1, 0.15) is 31.4 Å². The molecule has 3 nitrogen and oxygen atoms in total. The number of hydrogen-bond donors (Lipinski definition) is 2. The van der Waals surface area contributed by atoms with Crippen molar-refractivity contribution in [2.75, 3.05) is 25.6 Å². The number of hydrogen-bond acceptors (Lipinski definition) is 2. The summed E-state index contributed by atoms with van der Waals surface area (Å²) < 4.78 is 0. The van der Waals surface area contributed by atoms with Gasteiger partial charge in [-0.2, -0.15) is 11.8 Å². The number of thioether (sulfide) groups is 1. The molecule has 0 heterocycles. The van der Waals surface area contributed by atoms with Gasteiger partial charge in [-0.25, -0.2) is 0 Å². The Kier molecular flexibility index (Phi) is 12.3. The number of unbranched alkanes of at least 4 members (excludes halogenated alkanes) is 1. The van der Waals surface area contributed by atoms with Crippen molar-refractivity contribution >= 4 is 53.3 Å². The van der Waals surface area contributed by atoms with E-state index >= 15 is 0 Å². The first kappa shape index (κ1) is 20.9. The van der Waals surface area contributed by atoms with Crippen molar-refractivity contribution in [2.45, 2.75) is 25.8 Å². The van der Waals surface area contributed by atoms with Crippen molar-refractivity contribution < 1.29 is 0 Å². The minimum Gasteiger partial charge on any atom is -0.356 e. The molecule has 6 heteroatoms. The van der Waals surface area contributed by atoms with E-state index in [1.807, 2.05) is 36.0 Å². The topological polar surface area (TPSA) is 36.4 Å². The van der Waals surface area contributed by atoms with E-state index in [0.717, 1.165) is 23.9 Å². The molecule has 1 atom stereocenters. The number of rotatable bonds is 7. The second-order valence-corrected chi connectivity index (χ2v) is 6.04. The summed E-state index contributed by atoms with van der Waals surface area (Å²) in [4.78, 5) is 4.25. The van der Waals surface area contributed by atoms with Crippen LogP contribution in [0.2, 0.25) is 5.02 Å². The molecule has 0 saturated heterocycles. The van der Waals surface area contributed by atoms with Crippen molar-refractivity contribution in [3.8, 4) is 0 Å². The largest absolute Gasteiger partial charge is 0.356 e. The number of guanidine groups is 1. The maximum atomic E-state index is 5.90. The summed E-state index contributed by atoms with van der Waals surface area (Å²) in [6.45, 7) is 3.07. The van der Waals surface area contributed by atoms with Crippen LogP contribution in [0.3, 0.4) is 0 Å². The fourth-order valence-corrected chi connectivity index (χ4v) is 2.43. The van der Waals surface area contributed by atoms with E-state index in [0.29, 0.717) is 0 Å². The van der Waals surface area contributed by atoms with E-state index in [2.05, 4.69) is 28.8 Å². The summed E-state index contributed by atoms with van der Waals surface area (Å²) in [7, 11) is 1.80. The lowest BCUT2D eigenvalue weighted by molar-refractivity contribution is 0.672. The number of halogens is 2. The summed E-state index contributed by atoms with van der Waals surface area (Å²) >= 11 is 7.79. The zero-order chi connectivity index (χ0) is 14.8. The molecule has 1 aromatic rings. The third kappa shape index (κ3) is 8.78. The average Bonchev–Trinajstić information content (AvgIpc) is 2.46. The second kappa shape index (κ2) is 12.4. The van der Waals surface area contributed by atoms with Crippen LogP contribution in [-0.4, -0.2) is 31.6 Å². The smallest absolute Gasteiger partial charge is 0.191 e. The van der Waals surface area contributed by atoms with Crippen LogP contribution < -0.4 is 10.6 Å². The van der Waals surface area contributed by atoms with Crippen LogP contribution in [0.15, 0.2) is 29.3 Å².